The third-order valence-corrected chi connectivity index (χ3v) is 3.46. The van der Waals surface area contributed by atoms with Crippen LogP contribution in [-0.2, 0) is 5.60 Å². The van der Waals surface area contributed by atoms with Crippen molar-refractivity contribution in [3.05, 3.63) is 53.5 Å². The molecule has 2 aromatic rings. The molecule has 0 saturated heterocycles. The van der Waals surface area contributed by atoms with E-state index < -0.39 is 42.4 Å². The Balaban J connectivity index is 2.07. The molecule has 0 saturated carbocycles. The molecule has 0 spiro atoms. The lowest BCUT2D eigenvalue weighted by atomic mass is 9.98. The van der Waals surface area contributed by atoms with Crippen LogP contribution < -0.4 is 5.32 Å². The summed E-state index contributed by atoms with van der Waals surface area (Å²) >= 11 is 0. The number of alkyl halides is 3. The van der Waals surface area contributed by atoms with Gasteiger partial charge in [0.2, 0.25) is 11.5 Å². The van der Waals surface area contributed by atoms with E-state index in [2.05, 4.69) is 14.7 Å². The van der Waals surface area contributed by atoms with E-state index in [1.165, 1.54) is 13.0 Å². The van der Waals surface area contributed by atoms with Crippen LogP contribution >= 0.6 is 0 Å². The highest BCUT2D eigenvalue weighted by atomic mass is 19.4. The number of carbonyl (C=O) groups is 1. The molecule has 0 aliphatic heterocycles. The smallest absolute Gasteiger partial charge is 0.426 e. The third kappa shape index (κ3) is 3.56. The van der Waals surface area contributed by atoms with Gasteiger partial charge >= 0.3 is 6.18 Å². The second-order valence-corrected chi connectivity index (χ2v) is 5.16. The molecule has 130 valence electrons. The Morgan fingerprint density at radius 1 is 1.38 bits per heavy atom. The molecule has 2 N–H and O–H groups in total. The lowest BCUT2D eigenvalue weighted by Crippen LogP contribution is -2.45. The topological polar surface area (TPSA) is 75.4 Å². The molecule has 1 amide bonds. The van der Waals surface area contributed by atoms with E-state index >= 15 is 0 Å². The average Bonchev–Trinajstić information content (AvgIpc) is 3.00. The molecule has 1 aromatic heterocycles. The molecule has 24 heavy (non-hydrogen) atoms. The van der Waals surface area contributed by atoms with E-state index in [1.807, 2.05) is 0 Å². The Hall–Kier alpha value is -2.42. The van der Waals surface area contributed by atoms with Gasteiger partial charge in [0.1, 0.15) is 12.1 Å². The first kappa shape index (κ1) is 17.9. The predicted molar refractivity (Wildman–Crippen MR) is 74.5 cm³/mol. The maximum absolute atomic E-state index is 13.1. The summed E-state index contributed by atoms with van der Waals surface area (Å²) in [6, 6.07) is 3.43. The zero-order chi connectivity index (χ0) is 18.0. The van der Waals surface area contributed by atoms with Gasteiger partial charge in [0.15, 0.2) is 0 Å². The first-order valence-electron chi connectivity index (χ1n) is 6.88. The van der Waals surface area contributed by atoms with Gasteiger partial charge in [-0.2, -0.15) is 13.2 Å². The first-order chi connectivity index (χ1) is 11.1. The van der Waals surface area contributed by atoms with Gasteiger partial charge < -0.3 is 14.8 Å². The minimum Gasteiger partial charge on any atom is -0.446 e. The van der Waals surface area contributed by atoms with Crippen molar-refractivity contribution in [1.82, 2.24) is 10.3 Å². The number of carbonyl (C=O) groups excluding carboxylic acids is 1. The maximum atomic E-state index is 13.1. The summed E-state index contributed by atoms with van der Waals surface area (Å²) < 4.78 is 56.9. The molecule has 5 nitrogen and oxygen atoms in total. The lowest BCUT2D eigenvalue weighted by molar-refractivity contribution is -0.276. The maximum Gasteiger partial charge on any atom is 0.426 e. The average molecular weight is 346 g/mol. The summed E-state index contributed by atoms with van der Waals surface area (Å²) in [5.41, 5.74) is -2.85. The van der Waals surface area contributed by atoms with Crippen molar-refractivity contribution in [3.63, 3.8) is 0 Å². The van der Waals surface area contributed by atoms with Crippen LogP contribution in [0.5, 0.6) is 0 Å². The van der Waals surface area contributed by atoms with Gasteiger partial charge in [-0.15, -0.1) is 0 Å². The SMILES string of the molecule is Cc1cc(F)ccc1C(=O)NCCC(O)(c1ncco1)C(F)(F)F. The Kier molecular flexibility index (Phi) is 4.93. The predicted octanol–water partition coefficient (Wildman–Crippen LogP) is 2.69. The number of amides is 1. The van der Waals surface area contributed by atoms with Gasteiger partial charge in [-0.3, -0.25) is 4.79 Å². The van der Waals surface area contributed by atoms with Crippen LogP contribution in [0.4, 0.5) is 17.6 Å². The number of nitrogens with zero attached hydrogens (tertiary/aromatic N) is 1. The fourth-order valence-electron chi connectivity index (χ4n) is 2.13. The third-order valence-electron chi connectivity index (χ3n) is 3.46. The highest BCUT2D eigenvalue weighted by Gasteiger charge is 2.58. The number of halogens is 4. The molecule has 1 heterocycles. The van der Waals surface area contributed by atoms with E-state index in [0.29, 0.717) is 5.56 Å². The van der Waals surface area contributed by atoms with E-state index in [-0.39, 0.29) is 5.56 Å². The molecule has 1 atom stereocenters. The number of hydrogen-bond donors (Lipinski definition) is 2. The standard InChI is InChI=1S/C15H14F4N2O3/c1-9-8-10(16)2-3-11(9)12(22)20-5-4-14(23,15(17,18)19)13-21-6-7-24-13/h2-3,6-8,23H,4-5H2,1H3,(H,20,22). The molecular weight excluding hydrogens is 332 g/mol. The fraction of sp³-hybridized carbons (Fsp3) is 0.333. The number of benzene rings is 1. The van der Waals surface area contributed by atoms with Crippen LogP contribution in [0, 0.1) is 12.7 Å². The summed E-state index contributed by atoms with van der Waals surface area (Å²) in [4.78, 5) is 15.3. The van der Waals surface area contributed by atoms with E-state index in [9.17, 15) is 27.5 Å². The minimum atomic E-state index is -5.03. The molecule has 1 unspecified atom stereocenters. The van der Waals surface area contributed by atoms with Crippen LogP contribution in [0.3, 0.4) is 0 Å². The van der Waals surface area contributed by atoms with Gasteiger partial charge in [0.25, 0.3) is 5.91 Å². The van der Waals surface area contributed by atoms with Crippen molar-refractivity contribution >= 4 is 5.91 Å². The normalized spacial score (nSPS) is 14.2. The Labute approximate surface area is 134 Å². The molecule has 0 aliphatic rings. The van der Waals surface area contributed by atoms with Gasteiger partial charge in [-0.1, -0.05) is 0 Å². The summed E-state index contributed by atoms with van der Waals surface area (Å²) in [6.45, 7) is 1.00. The minimum absolute atomic E-state index is 0.128. The van der Waals surface area contributed by atoms with Gasteiger partial charge in [-0.05, 0) is 30.7 Å². The number of oxazole rings is 1. The summed E-state index contributed by atoms with van der Waals surface area (Å²) in [7, 11) is 0. The van der Waals surface area contributed by atoms with Crippen LogP contribution in [0.1, 0.15) is 28.2 Å². The zero-order valence-corrected chi connectivity index (χ0v) is 12.5. The fourth-order valence-corrected chi connectivity index (χ4v) is 2.13. The van der Waals surface area contributed by atoms with Crippen molar-refractivity contribution in [1.29, 1.82) is 0 Å². The molecule has 0 radical (unpaired) electrons. The van der Waals surface area contributed by atoms with E-state index in [4.69, 9.17) is 0 Å². The molecule has 2 rings (SSSR count). The second-order valence-electron chi connectivity index (χ2n) is 5.16. The molecule has 0 fully saturated rings. The highest BCUT2D eigenvalue weighted by molar-refractivity contribution is 5.95. The first-order valence-corrected chi connectivity index (χ1v) is 6.88. The molecule has 0 aliphatic carbocycles. The molecular formula is C15H14F4N2O3. The highest BCUT2D eigenvalue weighted by Crippen LogP contribution is 2.40. The van der Waals surface area contributed by atoms with Crippen LogP contribution in [0.2, 0.25) is 0 Å². The number of rotatable bonds is 5. The quantitative estimate of drug-likeness (QED) is 0.817. The largest absolute Gasteiger partial charge is 0.446 e. The Morgan fingerprint density at radius 2 is 2.08 bits per heavy atom. The van der Waals surface area contributed by atoms with Crippen LogP contribution in [0.25, 0.3) is 0 Å². The van der Waals surface area contributed by atoms with Gasteiger partial charge in [0, 0.05) is 18.5 Å². The second kappa shape index (κ2) is 6.60. The Bertz CT molecular complexity index is 716. The van der Waals surface area contributed by atoms with Gasteiger partial charge in [-0.25, -0.2) is 9.37 Å². The van der Waals surface area contributed by atoms with Crippen LogP contribution in [0.15, 0.2) is 35.1 Å². The number of aryl methyl sites for hydroxylation is 1. The van der Waals surface area contributed by atoms with Crippen LogP contribution in [-0.4, -0.2) is 28.7 Å². The summed E-state index contributed by atoms with van der Waals surface area (Å²) in [6.07, 6.45) is -4.03. The lowest BCUT2D eigenvalue weighted by Gasteiger charge is -2.27. The zero-order valence-electron chi connectivity index (χ0n) is 12.5. The number of hydrogen-bond acceptors (Lipinski definition) is 4. The molecule has 9 heteroatoms. The van der Waals surface area contributed by atoms with E-state index in [1.54, 1.807) is 0 Å². The van der Waals surface area contributed by atoms with E-state index in [0.717, 1.165) is 24.6 Å². The summed E-state index contributed by atoms with van der Waals surface area (Å²) in [5.74, 6) is -2.11. The van der Waals surface area contributed by atoms with Crippen molar-refractivity contribution in [3.8, 4) is 0 Å². The monoisotopic (exact) mass is 346 g/mol. The molecule has 0 bridgehead atoms. The molecule has 1 aromatic carbocycles. The van der Waals surface area contributed by atoms with Crippen molar-refractivity contribution < 1.29 is 31.9 Å². The van der Waals surface area contributed by atoms with Crippen molar-refractivity contribution in [2.75, 3.05) is 6.54 Å². The number of aliphatic hydroxyl groups is 1. The number of aromatic nitrogens is 1. The summed E-state index contributed by atoms with van der Waals surface area (Å²) in [5, 5.41) is 12.2. The number of nitrogens with one attached hydrogen (secondary N) is 1. The van der Waals surface area contributed by atoms with Gasteiger partial charge in [0.05, 0.1) is 6.20 Å². The Morgan fingerprint density at radius 3 is 2.62 bits per heavy atom. The van der Waals surface area contributed by atoms with Crippen molar-refractivity contribution in [2.45, 2.75) is 25.1 Å². The van der Waals surface area contributed by atoms with Crippen molar-refractivity contribution in [2.24, 2.45) is 0 Å².